The standard InChI is InChI=1S/3C34H21N9/c1-2-10-31-22(7-1)11-14-25-19-30(42-43(25)31)34-40-32(23-12-15-28(37-20-23)26-8-3-5-17-35-26)39-33(41-34)24-13-16-29(38-21-24)27-9-4-6-18-36-27;1-2-10-31-22(7-1)11-14-25-19-30(42-43(25)31)34-40-32(28-15-12-23(20-37-28)26-8-3-5-17-35-26)39-33(41-34)29-16-13-24(21-38-29)27-9-4-6-18-36-27;1-2-8-31-22(5-1)9-12-27-17-30(42-43(27)31)34-40-32(28-13-10-25(20-37-28)23-6-3-15-35-18-23)39-33(41-34)29-14-11-26(21-38-29)24-7-4-16-36-19-24/h3*1-21H. The highest BCUT2D eigenvalue weighted by Crippen LogP contribution is 2.34. The summed E-state index contributed by atoms with van der Waals surface area (Å²) >= 11 is 0. The fourth-order valence-corrected chi connectivity index (χ4v) is 14.9. The van der Waals surface area contributed by atoms with Gasteiger partial charge in [-0.15, -0.1) is 0 Å². The van der Waals surface area contributed by atoms with Gasteiger partial charge in [-0.25, -0.2) is 58.4 Å². The van der Waals surface area contributed by atoms with E-state index in [1.165, 1.54) is 0 Å². The van der Waals surface area contributed by atoms with Gasteiger partial charge in [0.2, 0.25) is 0 Å². The molecule has 27 nitrogen and oxygen atoms in total. The third-order valence-corrected chi connectivity index (χ3v) is 21.4. The van der Waals surface area contributed by atoms with E-state index in [0.29, 0.717) is 92.3 Å². The molecule has 3 aromatic carbocycles. The minimum Gasteiger partial charge on any atom is -0.264 e. The Bertz CT molecular complexity index is 7100. The fourth-order valence-electron chi connectivity index (χ4n) is 14.9. The van der Waals surface area contributed by atoms with E-state index in [1.54, 1.807) is 74.4 Å². The van der Waals surface area contributed by atoms with Gasteiger partial charge in [0.15, 0.2) is 52.4 Å². The van der Waals surface area contributed by atoms with E-state index in [4.69, 9.17) is 70.1 Å². The molecular formula is C102H63N27. The van der Waals surface area contributed by atoms with Crippen LogP contribution in [0.4, 0.5) is 0 Å². The van der Waals surface area contributed by atoms with Gasteiger partial charge in [0.1, 0.15) is 39.9 Å². The molecule has 0 saturated carbocycles. The molecule has 27 heteroatoms. The van der Waals surface area contributed by atoms with Crippen molar-refractivity contribution in [1.82, 2.24) is 134 Å². The van der Waals surface area contributed by atoms with Crippen LogP contribution >= 0.6 is 0 Å². The number of benzene rings is 3. The highest BCUT2D eigenvalue weighted by molar-refractivity contribution is 5.87. The smallest absolute Gasteiger partial charge is 0.184 e. The van der Waals surface area contributed by atoms with Gasteiger partial charge in [-0.1, -0.05) is 121 Å². The van der Waals surface area contributed by atoms with Gasteiger partial charge in [0, 0.05) is 147 Å². The molecule has 0 radical (unpaired) electrons. The zero-order valence-electron chi connectivity index (χ0n) is 67.9. The minimum atomic E-state index is 0.421. The van der Waals surface area contributed by atoms with Crippen molar-refractivity contribution in [3.63, 3.8) is 0 Å². The van der Waals surface area contributed by atoms with Crippen molar-refractivity contribution < 1.29 is 0 Å². The van der Waals surface area contributed by atoms with Crippen LogP contribution in [-0.4, -0.2) is 134 Å². The predicted octanol–water partition coefficient (Wildman–Crippen LogP) is 19.8. The lowest BCUT2D eigenvalue weighted by Crippen LogP contribution is -2.02. The number of fused-ring (bicyclic) bond motifs is 9. The minimum absolute atomic E-state index is 0.421. The molecule has 0 bridgehead atoms. The number of para-hydroxylation sites is 3. The summed E-state index contributed by atoms with van der Waals surface area (Å²) in [5.74, 6) is 3.98. The zero-order valence-corrected chi connectivity index (χ0v) is 67.9. The first-order chi connectivity index (χ1) is 63.8. The van der Waals surface area contributed by atoms with E-state index in [9.17, 15) is 0 Å². The highest BCUT2D eigenvalue weighted by Gasteiger charge is 2.23. The highest BCUT2D eigenvalue weighted by atomic mass is 15.3. The monoisotopic (exact) mass is 1670 g/mol. The molecule has 0 spiro atoms. The number of rotatable bonds is 15. The van der Waals surface area contributed by atoms with Crippen LogP contribution < -0.4 is 0 Å². The van der Waals surface area contributed by atoms with Crippen molar-refractivity contribution in [3.05, 3.63) is 384 Å². The first-order valence-electron chi connectivity index (χ1n) is 41.0. The second-order valence-corrected chi connectivity index (χ2v) is 29.6. The third-order valence-electron chi connectivity index (χ3n) is 21.4. The van der Waals surface area contributed by atoms with E-state index in [-0.39, 0.29) is 0 Å². The third kappa shape index (κ3) is 15.9. The summed E-state index contributed by atoms with van der Waals surface area (Å²) in [4.78, 5) is 97.6. The van der Waals surface area contributed by atoms with E-state index in [0.717, 1.165) is 128 Å². The summed E-state index contributed by atoms with van der Waals surface area (Å²) < 4.78 is 5.74. The predicted molar refractivity (Wildman–Crippen MR) is 493 cm³/mol. The molecular weight excluding hydrogens is 1600 g/mol. The van der Waals surface area contributed by atoms with E-state index >= 15 is 0 Å². The van der Waals surface area contributed by atoms with Crippen LogP contribution in [0.25, 0.3) is 220 Å². The van der Waals surface area contributed by atoms with Crippen LogP contribution in [0.15, 0.2) is 384 Å². The molecule has 21 aromatic heterocycles. The molecule has 24 aromatic rings. The molecule has 0 saturated heterocycles. The maximum absolute atomic E-state index is 4.90. The SMILES string of the molecule is c1ccc(-c2ccc(-c3nc(-c4ccc(-c5ccccn5)cn4)nc(-c4cc5ccc6ccccc6n5n4)n3)nc2)nc1.c1ccc(-c2ccc(-c3nc(-c4ccc(-c5ccccn5)nc4)nc(-c4cc5ccc6ccccc6n5n4)n3)cn2)nc1.c1cncc(-c2ccc(-c3nc(-c4ccc(-c5cccnc5)cn4)nc(-c4cc5ccc6ccccc6n5n4)n3)nc2)c1. The first kappa shape index (κ1) is 76.5. The lowest BCUT2D eigenvalue weighted by molar-refractivity contribution is 0.980. The summed E-state index contributed by atoms with van der Waals surface area (Å²) in [6.07, 6.45) is 24.8. The molecule has 21 heterocycles. The largest absolute Gasteiger partial charge is 0.264 e. The number of hydrogen-bond donors (Lipinski definition) is 0. The fraction of sp³-hybridized carbons (Fsp3) is 0. The van der Waals surface area contributed by atoms with Gasteiger partial charge in [0.05, 0.1) is 67.3 Å². The number of nitrogens with zero attached hydrogens (tertiary/aromatic N) is 27. The molecule has 24 rings (SSSR count). The molecule has 0 aliphatic heterocycles. The van der Waals surface area contributed by atoms with Crippen LogP contribution in [0.2, 0.25) is 0 Å². The van der Waals surface area contributed by atoms with Crippen molar-refractivity contribution in [2.75, 3.05) is 0 Å². The van der Waals surface area contributed by atoms with Crippen LogP contribution in [0.3, 0.4) is 0 Å². The van der Waals surface area contributed by atoms with Crippen LogP contribution in [0.5, 0.6) is 0 Å². The summed E-state index contributed by atoms with van der Waals surface area (Å²) in [5.41, 5.74) is 22.1. The Balaban J connectivity index is 0.000000114. The van der Waals surface area contributed by atoms with Crippen LogP contribution in [0, 0.1) is 0 Å². The second-order valence-electron chi connectivity index (χ2n) is 29.6. The van der Waals surface area contributed by atoms with Gasteiger partial charge in [-0.2, -0.15) is 15.3 Å². The molecule has 0 N–H and O–H groups in total. The Morgan fingerprint density at radius 2 is 0.419 bits per heavy atom. The van der Waals surface area contributed by atoms with Gasteiger partial charge in [-0.3, -0.25) is 59.8 Å². The average molecular weight is 1670 g/mol. The number of aromatic nitrogens is 27. The van der Waals surface area contributed by atoms with E-state index < -0.39 is 0 Å². The molecule has 0 amide bonds. The molecule has 129 heavy (non-hydrogen) atoms. The van der Waals surface area contributed by atoms with E-state index in [1.807, 2.05) is 287 Å². The second kappa shape index (κ2) is 34.0. The Morgan fingerprint density at radius 1 is 0.155 bits per heavy atom. The summed E-state index contributed by atoms with van der Waals surface area (Å²) in [6, 6.07) is 96.8. The first-order valence-corrected chi connectivity index (χ1v) is 41.0. The topological polar surface area (TPSA) is 323 Å². The Kier molecular flexibility index (Phi) is 20.1. The normalized spacial score (nSPS) is 11.3. The van der Waals surface area contributed by atoms with Crippen molar-refractivity contribution in [3.8, 4) is 171 Å². The summed E-state index contributed by atoms with van der Waals surface area (Å²) in [7, 11) is 0. The summed E-state index contributed by atoms with van der Waals surface area (Å²) in [5, 5.41) is 18.0. The molecule has 606 valence electrons. The van der Waals surface area contributed by atoms with Gasteiger partial charge >= 0.3 is 0 Å². The Labute approximate surface area is 733 Å². The van der Waals surface area contributed by atoms with Crippen molar-refractivity contribution >= 4 is 49.3 Å². The molecule has 0 aliphatic carbocycles. The van der Waals surface area contributed by atoms with Crippen molar-refractivity contribution in [1.29, 1.82) is 0 Å². The maximum atomic E-state index is 4.90. The lowest BCUT2D eigenvalue weighted by Gasteiger charge is -2.08. The molecule has 0 atom stereocenters. The van der Waals surface area contributed by atoms with Crippen molar-refractivity contribution in [2.45, 2.75) is 0 Å². The lowest BCUT2D eigenvalue weighted by atomic mass is 10.1. The average Bonchev–Trinajstić information content (AvgIpc) is 1.65. The Hall–Kier alpha value is -18.7. The zero-order chi connectivity index (χ0) is 85.8. The quantitative estimate of drug-likeness (QED) is 0.0920. The molecule has 0 aliphatic rings. The summed E-state index contributed by atoms with van der Waals surface area (Å²) in [6.45, 7) is 0. The molecule has 0 fully saturated rings. The number of pyridine rings is 15. The van der Waals surface area contributed by atoms with Gasteiger partial charge in [0.25, 0.3) is 0 Å². The van der Waals surface area contributed by atoms with Crippen LogP contribution in [0.1, 0.15) is 0 Å². The van der Waals surface area contributed by atoms with Crippen LogP contribution in [-0.2, 0) is 0 Å². The van der Waals surface area contributed by atoms with E-state index in [2.05, 4.69) is 86.2 Å². The van der Waals surface area contributed by atoms with Gasteiger partial charge in [-0.05, 0) is 176 Å². The maximum Gasteiger partial charge on any atom is 0.184 e. The Morgan fingerprint density at radius 3 is 0.721 bits per heavy atom. The number of hydrogen-bond acceptors (Lipinski definition) is 24. The molecule has 0 unspecified atom stereocenters. The van der Waals surface area contributed by atoms with Crippen molar-refractivity contribution in [2.24, 2.45) is 0 Å². The van der Waals surface area contributed by atoms with Gasteiger partial charge < -0.3 is 0 Å².